The molecule has 148 valence electrons. The zero-order valence-electron chi connectivity index (χ0n) is 17.2. The van der Waals surface area contributed by atoms with Crippen LogP contribution in [0.4, 0.5) is 5.82 Å². The largest absolute Gasteiger partial charge is 0.497 e. The van der Waals surface area contributed by atoms with Gasteiger partial charge in [0.1, 0.15) is 11.6 Å². The van der Waals surface area contributed by atoms with E-state index in [9.17, 15) is 0 Å². The summed E-state index contributed by atoms with van der Waals surface area (Å²) in [5.74, 6) is 1.41. The molecule has 0 aliphatic carbocycles. The lowest BCUT2D eigenvalue weighted by Gasteiger charge is -2.05. The normalized spacial score (nSPS) is 10.4. The van der Waals surface area contributed by atoms with Crippen LogP contribution in [0, 0.1) is 20.8 Å². The molecule has 1 aromatic heterocycles. The van der Waals surface area contributed by atoms with Gasteiger partial charge in [-0.3, -0.25) is 0 Å². The monoisotopic (exact) mass is 402 g/mol. The van der Waals surface area contributed by atoms with Crippen molar-refractivity contribution in [3.05, 3.63) is 83.4 Å². The van der Waals surface area contributed by atoms with Crippen molar-refractivity contribution >= 4 is 29.3 Å². The van der Waals surface area contributed by atoms with Crippen molar-refractivity contribution < 1.29 is 4.74 Å². The van der Waals surface area contributed by atoms with Gasteiger partial charge < -0.3 is 10.5 Å². The number of pyridine rings is 1. The van der Waals surface area contributed by atoms with Gasteiger partial charge in [0.15, 0.2) is 0 Å². The van der Waals surface area contributed by atoms with Crippen LogP contribution in [0.1, 0.15) is 16.7 Å². The molecule has 0 atom stereocenters. The van der Waals surface area contributed by atoms with Crippen LogP contribution in [0.5, 0.6) is 5.75 Å². The Labute approximate surface area is 178 Å². The predicted molar refractivity (Wildman–Crippen MR) is 126 cm³/mol. The van der Waals surface area contributed by atoms with Gasteiger partial charge in [-0.1, -0.05) is 35.9 Å². The molecule has 0 unspecified atom stereocenters. The molecule has 29 heavy (non-hydrogen) atoms. The zero-order valence-corrected chi connectivity index (χ0v) is 18.1. The van der Waals surface area contributed by atoms with E-state index in [2.05, 4.69) is 62.6 Å². The number of aromatic nitrogens is 1. The summed E-state index contributed by atoms with van der Waals surface area (Å²) in [6.45, 7) is 6.28. The second-order valence-corrected chi connectivity index (χ2v) is 7.57. The van der Waals surface area contributed by atoms with Crippen LogP contribution in [0.15, 0.2) is 71.6 Å². The average Bonchev–Trinajstić information content (AvgIpc) is 2.72. The van der Waals surface area contributed by atoms with Crippen molar-refractivity contribution in [2.45, 2.75) is 25.7 Å². The first-order chi connectivity index (χ1) is 13.9. The van der Waals surface area contributed by atoms with Gasteiger partial charge >= 0.3 is 0 Å². The summed E-state index contributed by atoms with van der Waals surface area (Å²) >= 11 is 4.36. The van der Waals surface area contributed by atoms with E-state index >= 15 is 0 Å². The highest BCUT2D eigenvalue weighted by atomic mass is 32.1. The summed E-state index contributed by atoms with van der Waals surface area (Å²) in [7, 11) is 1.67. The van der Waals surface area contributed by atoms with E-state index in [-0.39, 0.29) is 0 Å². The Hall–Kier alpha value is -2.98. The third kappa shape index (κ3) is 5.09. The molecule has 0 saturated heterocycles. The van der Waals surface area contributed by atoms with Crippen molar-refractivity contribution in [1.29, 1.82) is 0 Å². The Morgan fingerprint density at radius 2 is 1.41 bits per heavy atom. The van der Waals surface area contributed by atoms with Crippen molar-refractivity contribution in [2.24, 2.45) is 0 Å². The first-order valence-corrected chi connectivity index (χ1v) is 9.89. The molecule has 0 aliphatic heterocycles. The SMILES string of the molecule is COc1ccc(-c2ccc3nc(N)ccc3c2)cc1.Cc1cc(C)c(S)c(C)c1. The number of rotatable bonds is 2. The minimum Gasteiger partial charge on any atom is -0.497 e. The number of benzene rings is 3. The number of ether oxygens (including phenoxy) is 1. The summed E-state index contributed by atoms with van der Waals surface area (Å²) in [5.41, 5.74) is 12.7. The molecule has 3 nitrogen and oxygen atoms in total. The third-order valence-corrected chi connectivity index (χ3v) is 5.47. The van der Waals surface area contributed by atoms with Gasteiger partial charge in [-0.2, -0.15) is 0 Å². The molecule has 0 radical (unpaired) electrons. The predicted octanol–water partition coefficient (Wildman–Crippen LogP) is 6.39. The summed E-state index contributed by atoms with van der Waals surface area (Å²) in [4.78, 5) is 5.41. The van der Waals surface area contributed by atoms with Gasteiger partial charge in [0.2, 0.25) is 0 Å². The molecule has 4 rings (SSSR count). The molecular weight excluding hydrogens is 376 g/mol. The molecule has 1 heterocycles. The lowest BCUT2D eigenvalue weighted by atomic mass is 10.0. The number of nitrogens with zero attached hydrogens (tertiary/aromatic N) is 1. The smallest absolute Gasteiger partial charge is 0.124 e. The Bertz CT molecular complexity index is 1110. The summed E-state index contributed by atoms with van der Waals surface area (Å²) in [6.07, 6.45) is 0. The quantitative estimate of drug-likeness (QED) is 0.382. The summed E-state index contributed by atoms with van der Waals surface area (Å²) in [6, 6.07) is 22.3. The van der Waals surface area contributed by atoms with E-state index in [1.54, 1.807) is 7.11 Å². The Morgan fingerprint density at radius 3 is 2.03 bits per heavy atom. The molecule has 4 heteroatoms. The standard InChI is InChI=1S/C16H14N2O.C9H12S/c1-19-14-6-2-11(3-7-14)12-4-8-15-13(10-12)5-9-16(17)18-15;1-6-4-7(2)9(10)8(3)5-6/h2-10H,1H3,(H2,17,18);4-5,10H,1-3H3. The van der Waals surface area contributed by atoms with Crippen molar-refractivity contribution in [2.75, 3.05) is 12.8 Å². The van der Waals surface area contributed by atoms with E-state index in [4.69, 9.17) is 10.5 Å². The molecule has 4 aromatic rings. The minimum absolute atomic E-state index is 0.546. The number of nitrogen functional groups attached to an aromatic ring is 1. The number of methoxy groups -OCH3 is 1. The fourth-order valence-electron chi connectivity index (χ4n) is 3.28. The fraction of sp³-hybridized carbons (Fsp3) is 0.160. The molecule has 2 N–H and O–H groups in total. The lowest BCUT2D eigenvalue weighted by Crippen LogP contribution is -1.89. The highest BCUT2D eigenvalue weighted by molar-refractivity contribution is 7.80. The maximum atomic E-state index is 5.68. The first-order valence-electron chi connectivity index (χ1n) is 9.45. The average molecular weight is 403 g/mol. The summed E-state index contributed by atoms with van der Waals surface area (Å²) < 4.78 is 5.16. The van der Waals surface area contributed by atoms with Gasteiger partial charge in [-0.25, -0.2) is 4.98 Å². The Kier molecular flexibility index (Phi) is 6.45. The molecule has 0 spiro atoms. The number of aryl methyl sites for hydroxylation is 3. The Morgan fingerprint density at radius 1 is 0.793 bits per heavy atom. The van der Waals surface area contributed by atoms with Crippen LogP contribution < -0.4 is 10.5 Å². The molecule has 0 amide bonds. The van der Waals surface area contributed by atoms with Crippen LogP contribution in [-0.4, -0.2) is 12.1 Å². The second-order valence-electron chi connectivity index (χ2n) is 7.12. The van der Waals surface area contributed by atoms with Crippen molar-refractivity contribution in [1.82, 2.24) is 4.98 Å². The van der Waals surface area contributed by atoms with Gasteiger partial charge in [0.25, 0.3) is 0 Å². The molecule has 0 bridgehead atoms. The van der Waals surface area contributed by atoms with Crippen LogP contribution in [-0.2, 0) is 0 Å². The number of hydrogen-bond acceptors (Lipinski definition) is 4. The lowest BCUT2D eigenvalue weighted by molar-refractivity contribution is 0.415. The topological polar surface area (TPSA) is 48.1 Å². The van der Waals surface area contributed by atoms with E-state index < -0.39 is 0 Å². The first kappa shape index (κ1) is 20.7. The van der Waals surface area contributed by atoms with Crippen molar-refractivity contribution in [3.63, 3.8) is 0 Å². The minimum atomic E-state index is 0.546. The van der Waals surface area contributed by atoms with Gasteiger partial charge in [0.05, 0.1) is 12.6 Å². The molecule has 3 aromatic carbocycles. The van der Waals surface area contributed by atoms with Crippen LogP contribution in [0.3, 0.4) is 0 Å². The highest BCUT2D eigenvalue weighted by Gasteiger charge is 2.02. The van der Waals surface area contributed by atoms with Crippen LogP contribution >= 0.6 is 12.6 Å². The van der Waals surface area contributed by atoms with E-state index in [0.29, 0.717) is 5.82 Å². The van der Waals surface area contributed by atoms with E-state index in [0.717, 1.165) is 32.7 Å². The third-order valence-electron chi connectivity index (χ3n) is 4.77. The molecule has 0 saturated carbocycles. The summed E-state index contributed by atoms with van der Waals surface area (Å²) in [5, 5.41) is 1.09. The number of anilines is 1. The number of thiol groups is 1. The van der Waals surface area contributed by atoms with E-state index in [1.807, 2.05) is 42.5 Å². The molecule has 0 fully saturated rings. The van der Waals surface area contributed by atoms with Crippen LogP contribution in [0.25, 0.3) is 22.0 Å². The van der Waals surface area contributed by atoms with Gasteiger partial charge in [-0.15, -0.1) is 12.6 Å². The number of hydrogen-bond donors (Lipinski definition) is 2. The molecular formula is C25H26N2OS. The van der Waals surface area contributed by atoms with Gasteiger partial charge in [-0.05, 0) is 79.4 Å². The second kappa shape index (κ2) is 9.01. The Balaban J connectivity index is 0.000000204. The number of fused-ring (bicyclic) bond motifs is 1. The zero-order chi connectivity index (χ0) is 21.0. The highest BCUT2D eigenvalue weighted by Crippen LogP contribution is 2.26. The maximum absolute atomic E-state index is 5.68. The van der Waals surface area contributed by atoms with Crippen LogP contribution in [0.2, 0.25) is 0 Å². The molecule has 0 aliphatic rings. The fourth-order valence-corrected chi connectivity index (χ4v) is 3.41. The van der Waals surface area contributed by atoms with Crippen molar-refractivity contribution in [3.8, 4) is 16.9 Å². The number of nitrogens with two attached hydrogens (primary N) is 1. The maximum Gasteiger partial charge on any atom is 0.124 e. The van der Waals surface area contributed by atoms with E-state index in [1.165, 1.54) is 16.7 Å². The van der Waals surface area contributed by atoms with Gasteiger partial charge in [0, 0.05) is 10.3 Å².